The number of hydrogen-bond acceptors (Lipinski definition) is 6. The van der Waals surface area contributed by atoms with Gasteiger partial charge < -0.3 is 10.1 Å². The fraction of sp³-hybridized carbons (Fsp3) is 0.250. The first-order chi connectivity index (χ1) is 12.6. The van der Waals surface area contributed by atoms with Crippen LogP contribution in [-0.4, -0.2) is 31.6 Å². The molecular weight excluding hydrogens is 404 g/mol. The van der Waals surface area contributed by atoms with Crippen molar-refractivity contribution in [3.63, 3.8) is 0 Å². The molecule has 0 atom stereocenters. The molecule has 27 heavy (non-hydrogen) atoms. The molecule has 1 aromatic heterocycles. The highest BCUT2D eigenvalue weighted by molar-refractivity contribution is 7.89. The Morgan fingerprint density at radius 2 is 1.96 bits per heavy atom. The second-order valence-electron chi connectivity index (χ2n) is 5.99. The fourth-order valence-corrected chi connectivity index (χ4v) is 2.79. The van der Waals surface area contributed by atoms with Gasteiger partial charge in [0.05, 0.1) is 23.0 Å². The van der Waals surface area contributed by atoms with Crippen molar-refractivity contribution in [3.8, 4) is 11.5 Å². The number of nitrogens with zero attached hydrogens (tertiary/aromatic N) is 1. The van der Waals surface area contributed by atoms with E-state index in [0.717, 1.165) is 19.1 Å². The van der Waals surface area contributed by atoms with Crippen LogP contribution in [0.3, 0.4) is 0 Å². The highest BCUT2D eigenvalue weighted by Gasteiger charge is 2.23. The van der Waals surface area contributed by atoms with Crippen molar-refractivity contribution in [2.45, 2.75) is 18.9 Å². The van der Waals surface area contributed by atoms with Crippen LogP contribution in [0.4, 0.5) is 14.6 Å². The van der Waals surface area contributed by atoms with Crippen LogP contribution < -0.4 is 14.8 Å². The number of aromatic nitrogens is 1. The van der Waals surface area contributed by atoms with Crippen molar-refractivity contribution in [2.75, 3.05) is 11.6 Å². The van der Waals surface area contributed by atoms with Gasteiger partial charge in [0.1, 0.15) is 17.4 Å². The molecule has 11 heteroatoms. The van der Waals surface area contributed by atoms with Crippen molar-refractivity contribution in [2.24, 2.45) is 0 Å². The Morgan fingerprint density at radius 1 is 1.26 bits per heavy atom. The van der Waals surface area contributed by atoms with Crippen LogP contribution in [0.15, 0.2) is 24.4 Å². The van der Waals surface area contributed by atoms with Gasteiger partial charge >= 0.3 is 0 Å². The first-order valence-electron chi connectivity index (χ1n) is 7.73. The predicted octanol–water partition coefficient (Wildman–Crippen LogP) is 3.07. The average molecular weight is 418 g/mol. The van der Waals surface area contributed by atoms with Crippen LogP contribution in [0.25, 0.3) is 0 Å². The molecule has 2 N–H and O–H groups in total. The van der Waals surface area contributed by atoms with Gasteiger partial charge in [-0.2, -0.15) is 0 Å². The number of hydrogen-bond donors (Lipinski definition) is 2. The minimum atomic E-state index is -3.92. The molecule has 0 radical (unpaired) electrons. The topological polar surface area (TPSA) is 97.4 Å². The summed E-state index contributed by atoms with van der Waals surface area (Å²) in [7, 11) is -3.92. The van der Waals surface area contributed by atoms with Gasteiger partial charge in [-0.15, -0.1) is 0 Å². The van der Waals surface area contributed by atoms with Gasteiger partial charge in [-0.05, 0) is 18.9 Å². The Morgan fingerprint density at radius 3 is 2.56 bits per heavy atom. The van der Waals surface area contributed by atoms with Gasteiger partial charge in [-0.25, -0.2) is 26.9 Å². The first kappa shape index (κ1) is 19.3. The number of sulfonamides is 1. The van der Waals surface area contributed by atoms with E-state index in [-0.39, 0.29) is 10.8 Å². The molecule has 0 unspecified atom stereocenters. The maximum Gasteiger partial charge on any atom is 0.267 e. The predicted molar refractivity (Wildman–Crippen MR) is 94.6 cm³/mol. The summed E-state index contributed by atoms with van der Waals surface area (Å²) in [5.74, 6) is -3.49. The number of nitrogens with one attached hydrogen (secondary N) is 2. The van der Waals surface area contributed by atoms with Crippen LogP contribution in [0.2, 0.25) is 5.02 Å². The number of rotatable bonds is 6. The minimum absolute atomic E-state index is 0.0629. The number of carbonyl (C=O) groups excluding carboxylic acids is 1. The van der Waals surface area contributed by atoms with Crippen LogP contribution in [0.1, 0.15) is 23.2 Å². The summed E-state index contributed by atoms with van der Waals surface area (Å²) in [5.41, 5.74) is -0.773. The lowest BCUT2D eigenvalue weighted by molar-refractivity contribution is 0.0977. The van der Waals surface area contributed by atoms with E-state index < -0.39 is 38.9 Å². The maximum atomic E-state index is 14.2. The van der Waals surface area contributed by atoms with Crippen molar-refractivity contribution in [1.29, 1.82) is 0 Å². The van der Waals surface area contributed by atoms with Crippen molar-refractivity contribution in [1.82, 2.24) is 9.71 Å². The van der Waals surface area contributed by atoms with Gasteiger partial charge in [0.25, 0.3) is 5.91 Å². The first-order valence-corrected chi connectivity index (χ1v) is 10.0. The summed E-state index contributed by atoms with van der Waals surface area (Å²) < 4.78 is 57.2. The molecule has 1 aliphatic carbocycles. The van der Waals surface area contributed by atoms with E-state index in [1.807, 2.05) is 0 Å². The van der Waals surface area contributed by atoms with Crippen LogP contribution >= 0.6 is 11.6 Å². The lowest BCUT2D eigenvalue weighted by Gasteiger charge is -2.11. The number of pyridine rings is 1. The average Bonchev–Trinajstić information content (AvgIpc) is 3.35. The van der Waals surface area contributed by atoms with E-state index in [9.17, 15) is 22.0 Å². The second kappa shape index (κ2) is 7.28. The van der Waals surface area contributed by atoms with Crippen molar-refractivity contribution in [3.05, 3.63) is 46.6 Å². The van der Waals surface area contributed by atoms with Crippen molar-refractivity contribution >= 4 is 33.3 Å². The third kappa shape index (κ3) is 5.04. The maximum absolute atomic E-state index is 14.2. The Kier molecular flexibility index (Phi) is 5.20. The highest BCUT2D eigenvalue weighted by Crippen LogP contribution is 2.32. The highest BCUT2D eigenvalue weighted by atomic mass is 35.5. The molecule has 0 saturated heterocycles. The largest absolute Gasteiger partial charge is 0.452 e. The Balaban J connectivity index is 1.80. The third-order valence-electron chi connectivity index (χ3n) is 3.51. The molecular formula is C16H14ClF2N3O4S. The zero-order valence-corrected chi connectivity index (χ0v) is 15.5. The van der Waals surface area contributed by atoms with Crippen LogP contribution in [-0.2, 0) is 10.0 Å². The van der Waals surface area contributed by atoms with E-state index in [0.29, 0.717) is 24.0 Å². The van der Waals surface area contributed by atoms with Gasteiger partial charge in [0, 0.05) is 18.2 Å². The quantitative estimate of drug-likeness (QED) is 0.749. The summed E-state index contributed by atoms with van der Waals surface area (Å²) in [6, 6.07) is 2.90. The number of amides is 1. The monoisotopic (exact) mass is 417 g/mol. The molecule has 1 heterocycles. The molecule has 1 aliphatic rings. The third-order valence-corrected chi connectivity index (χ3v) is 4.35. The second-order valence-corrected chi connectivity index (χ2v) is 8.14. The Bertz CT molecular complexity index is 1010. The van der Waals surface area contributed by atoms with Gasteiger partial charge in [0.2, 0.25) is 10.0 Å². The Labute approximate surface area is 158 Å². The summed E-state index contributed by atoms with van der Waals surface area (Å²) in [4.78, 5) is 15.8. The van der Waals surface area contributed by atoms with E-state index >= 15 is 0 Å². The fourth-order valence-electron chi connectivity index (χ4n) is 2.13. The summed E-state index contributed by atoms with van der Waals surface area (Å²) in [6.45, 7) is 0. The molecule has 3 rings (SSSR count). The zero-order chi connectivity index (χ0) is 19.8. The molecule has 1 fully saturated rings. The standard InChI is InChI=1S/C16H14ClF2N3O4S/c1-27(24,25)22-16(23)10-5-13(19)14(6-12(10)18)26-9-4-11(17)15(20-7-9)21-8-2-3-8/h4-8H,2-3H2,1H3,(H,20,21)(H,22,23). The summed E-state index contributed by atoms with van der Waals surface area (Å²) in [5, 5.41) is 3.36. The molecule has 1 saturated carbocycles. The molecule has 2 aromatic rings. The van der Waals surface area contributed by atoms with E-state index in [2.05, 4.69) is 10.3 Å². The summed E-state index contributed by atoms with van der Waals surface area (Å²) >= 11 is 6.08. The molecule has 0 bridgehead atoms. The molecule has 1 amide bonds. The number of halogens is 3. The lowest BCUT2D eigenvalue weighted by Crippen LogP contribution is -2.30. The van der Waals surface area contributed by atoms with Gasteiger partial charge in [-0.1, -0.05) is 11.6 Å². The van der Waals surface area contributed by atoms with Gasteiger partial charge in [0.15, 0.2) is 11.6 Å². The van der Waals surface area contributed by atoms with Gasteiger partial charge in [-0.3, -0.25) is 4.79 Å². The molecule has 0 spiro atoms. The van der Waals surface area contributed by atoms with E-state index in [1.54, 1.807) is 4.72 Å². The number of carbonyl (C=O) groups is 1. The molecule has 144 valence electrons. The van der Waals surface area contributed by atoms with E-state index in [1.165, 1.54) is 12.3 Å². The molecule has 0 aliphatic heterocycles. The number of anilines is 1. The molecule has 7 nitrogen and oxygen atoms in total. The van der Waals surface area contributed by atoms with E-state index in [4.69, 9.17) is 16.3 Å². The molecule has 1 aromatic carbocycles. The lowest BCUT2D eigenvalue weighted by atomic mass is 10.2. The van der Waals surface area contributed by atoms with Crippen molar-refractivity contribution < 1.29 is 26.7 Å². The smallest absolute Gasteiger partial charge is 0.267 e. The minimum Gasteiger partial charge on any atom is -0.452 e. The Hall–Kier alpha value is -2.46. The number of ether oxygens (including phenoxy) is 1. The van der Waals surface area contributed by atoms with Crippen LogP contribution in [0, 0.1) is 11.6 Å². The number of benzene rings is 1. The SMILES string of the molecule is CS(=O)(=O)NC(=O)c1cc(F)c(Oc2cnc(NC3CC3)c(Cl)c2)cc1F. The van der Waals surface area contributed by atoms with Crippen LogP contribution in [0.5, 0.6) is 11.5 Å². The zero-order valence-electron chi connectivity index (χ0n) is 13.9. The summed E-state index contributed by atoms with van der Waals surface area (Å²) in [6.07, 6.45) is 4.06. The normalized spacial score (nSPS) is 13.9.